The number of benzene rings is 2. The highest BCUT2D eigenvalue weighted by atomic mass is 32.2. The van der Waals surface area contributed by atoms with Crippen molar-refractivity contribution >= 4 is 20.8 Å². The van der Waals surface area contributed by atoms with E-state index in [0.717, 1.165) is 49.3 Å². The quantitative estimate of drug-likeness (QED) is 0.545. The largest absolute Gasteiger partial charge is 0.305 e. The molecule has 0 bridgehead atoms. The maximum atomic E-state index is 12.6. The molecule has 1 N–H and O–H groups in total. The summed E-state index contributed by atoms with van der Waals surface area (Å²) in [6.45, 7) is 3.65. The van der Waals surface area contributed by atoms with Gasteiger partial charge in [0.1, 0.15) is 0 Å². The molecule has 0 atom stereocenters. The van der Waals surface area contributed by atoms with Crippen molar-refractivity contribution in [3.05, 3.63) is 42.5 Å². The van der Waals surface area contributed by atoms with E-state index in [9.17, 15) is 8.42 Å². The van der Waals surface area contributed by atoms with E-state index in [-0.39, 0.29) is 0 Å². The molecule has 2 aromatic carbocycles. The molecule has 166 valence electrons. The minimum absolute atomic E-state index is 0.337. The van der Waals surface area contributed by atoms with E-state index >= 15 is 0 Å². The van der Waals surface area contributed by atoms with Crippen LogP contribution in [0.2, 0.25) is 0 Å². The number of hydrogen-bond acceptors (Lipinski definition) is 4. The normalized spacial score (nSPS) is 16.0. The fraction of sp³-hybridized carbons (Fsp3) is 0.583. The summed E-state index contributed by atoms with van der Waals surface area (Å²) in [7, 11) is 0.959. The molecule has 1 aliphatic carbocycles. The molecule has 0 radical (unpaired) electrons. The maximum Gasteiger partial charge on any atom is 0.240 e. The summed E-state index contributed by atoms with van der Waals surface area (Å²) in [5, 5.41) is 1.99. The fourth-order valence-corrected chi connectivity index (χ4v) is 5.38. The van der Waals surface area contributed by atoms with Crippen LogP contribution in [0.25, 0.3) is 10.8 Å². The molecular formula is C24H37N3O2S. The minimum Gasteiger partial charge on any atom is -0.305 e. The van der Waals surface area contributed by atoms with E-state index < -0.39 is 10.0 Å². The molecule has 30 heavy (non-hydrogen) atoms. The monoisotopic (exact) mass is 431 g/mol. The first-order chi connectivity index (χ1) is 14.5. The van der Waals surface area contributed by atoms with Gasteiger partial charge in [-0.2, -0.15) is 0 Å². The van der Waals surface area contributed by atoms with Gasteiger partial charge in [-0.15, -0.1) is 0 Å². The highest BCUT2D eigenvalue weighted by Gasteiger charge is 2.18. The highest BCUT2D eigenvalue weighted by molar-refractivity contribution is 7.89. The molecule has 0 aromatic heterocycles. The van der Waals surface area contributed by atoms with Crippen molar-refractivity contribution in [2.24, 2.45) is 0 Å². The molecule has 1 fully saturated rings. The number of sulfonamides is 1. The van der Waals surface area contributed by atoms with E-state index in [2.05, 4.69) is 28.6 Å². The van der Waals surface area contributed by atoms with Crippen molar-refractivity contribution in [3.8, 4) is 0 Å². The zero-order chi connectivity index (χ0) is 21.4. The second-order valence-corrected chi connectivity index (χ2v) is 10.5. The third-order valence-electron chi connectivity index (χ3n) is 6.32. The molecule has 0 heterocycles. The Bertz CT molecular complexity index is 894. The smallest absolute Gasteiger partial charge is 0.240 e. The second-order valence-electron chi connectivity index (χ2n) is 8.69. The molecule has 0 aliphatic heterocycles. The van der Waals surface area contributed by atoms with Crippen molar-refractivity contribution in [3.63, 3.8) is 0 Å². The van der Waals surface area contributed by atoms with Gasteiger partial charge in [0.25, 0.3) is 0 Å². The van der Waals surface area contributed by atoms with Gasteiger partial charge in [-0.25, -0.2) is 13.1 Å². The summed E-state index contributed by atoms with van der Waals surface area (Å²) in [6, 6.07) is 13.9. The van der Waals surface area contributed by atoms with E-state index in [1.165, 1.54) is 32.1 Å². The molecule has 2 aromatic rings. The van der Waals surface area contributed by atoms with Crippen LogP contribution in [0.5, 0.6) is 0 Å². The van der Waals surface area contributed by atoms with Crippen molar-refractivity contribution in [1.82, 2.24) is 14.5 Å². The van der Waals surface area contributed by atoms with Gasteiger partial charge in [0.2, 0.25) is 10.0 Å². The second kappa shape index (κ2) is 11.2. The third-order valence-corrected chi connectivity index (χ3v) is 7.78. The van der Waals surface area contributed by atoms with Crippen LogP contribution >= 0.6 is 0 Å². The molecule has 3 rings (SSSR count). The van der Waals surface area contributed by atoms with Gasteiger partial charge in [-0.05, 0) is 69.2 Å². The number of likely N-dealkylation sites (N-methyl/N-ethyl adjacent to an activating group) is 2. The molecule has 5 nitrogen and oxygen atoms in total. The first kappa shape index (κ1) is 23.2. The van der Waals surface area contributed by atoms with Gasteiger partial charge in [0.05, 0.1) is 4.90 Å². The Morgan fingerprint density at radius 1 is 0.900 bits per heavy atom. The first-order valence-corrected chi connectivity index (χ1v) is 12.8. The van der Waals surface area contributed by atoms with Crippen molar-refractivity contribution < 1.29 is 8.42 Å². The van der Waals surface area contributed by atoms with Gasteiger partial charge in [0, 0.05) is 25.7 Å². The Hall–Kier alpha value is -1.47. The van der Waals surface area contributed by atoms with Gasteiger partial charge in [-0.3, -0.25) is 0 Å². The lowest BCUT2D eigenvalue weighted by atomic mass is 9.94. The summed E-state index contributed by atoms with van der Waals surface area (Å²) in [4.78, 5) is 5.22. The SMILES string of the molecule is CN(CCCCNS(=O)(=O)c1ccc2ccccc2c1)CCN(C)C1CCCCC1. The number of fused-ring (bicyclic) bond motifs is 1. The lowest BCUT2D eigenvalue weighted by Crippen LogP contribution is -2.38. The van der Waals surface area contributed by atoms with E-state index in [4.69, 9.17) is 0 Å². The lowest BCUT2D eigenvalue weighted by Gasteiger charge is -2.32. The fourth-order valence-electron chi connectivity index (χ4n) is 4.28. The molecule has 0 amide bonds. The molecule has 1 saturated carbocycles. The maximum absolute atomic E-state index is 12.6. The summed E-state index contributed by atoms with van der Waals surface area (Å²) >= 11 is 0. The standard InChI is InChI=1S/C24H37N3O2S/c1-26(18-19-27(2)23-12-4-3-5-13-23)17-9-8-16-25-30(28,29)24-15-14-21-10-6-7-11-22(21)20-24/h6-7,10-11,14-15,20,23,25H,3-5,8-9,12-13,16-19H2,1-2H3. The van der Waals surface area contributed by atoms with E-state index in [1.807, 2.05) is 30.3 Å². The summed E-state index contributed by atoms with van der Waals surface area (Å²) in [5.74, 6) is 0. The molecule has 0 unspecified atom stereocenters. The molecule has 6 heteroatoms. The minimum atomic E-state index is -3.46. The summed E-state index contributed by atoms with van der Waals surface area (Å²) in [6.07, 6.45) is 8.67. The van der Waals surface area contributed by atoms with Crippen molar-refractivity contribution in [2.75, 3.05) is 40.3 Å². The average Bonchev–Trinajstić information content (AvgIpc) is 2.77. The van der Waals surface area contributed by atoms with E-state index in [1.54, 1.807) is 12.1 Å². The average molecular weight is 432 g/mol. The third kappa shape index (κ3) is 6.77. The molecule has 0 spiro atoms. The van der Waals surface area contributed by atoms with E-state index in [0.29, 0.717) is 11.4 Å². The van der Waals surface area contributed by atoms with Crippen LogP contribution in [-0.2, 0) is 10.0 Å². The summed E-state index contributed by atoms with van der Waals surface area (Å²) < 4.78 is 27.9. The van der Waals surface area contributed by atoms with Gasteiger partial charge < -0.3 is 9.80 Å². The van der Waals surface area contributed by atoms with Gasteiger partial charge in [-0.1, -0.05) is 49.6 Å². The zero-order valence-electron chi connectivity index (χ0n) is 18.5. The summed E-state index contributed by atoms with van der Waals surface area (Å²) in [5.41, 5.74) is 0. The van der Waals surface area contributed by atoms with Crippen molar-refractivity contribution in [1.29, 1.82) is 0 Å². The van der Waals surface area contributed by atoms with Crippen molar-refractivity contribution in [2.45, 2.75) is 55.9 Å². The number of hydrogen-bond donors (Lipinski definition) is 1. The number of unbranched alkanes of at least 4 members (excludes halogenated alkanes) is 1. The Morgan fingerprint density at radius 2 is 1.63 bits per heavy atom. The number of nitrogens with zero attached hydrogens (tertiary/aromatic N) is 2. The Kier molecular flexibility index (Phi) is 8.69. The Balaban J connectivity index is 1.34. The van der Waals surface area contributed by atoms with Gasteiger partial charge >= 0.3 is 0 Å². The zero-order valence-corrected chi connectivity index (χ0v) is 19.3. The van der Waals surface area contributed by atoms with Crippen LogP contribution < -0.4 is 4.72 Å². The van der Waals surface area contributed by atoms with Crippen LogP contribution in [-0.4, -0.2) is 64.5 Å². The predicted molar refractivity (Wildman–Crippen MR) is 125 cm³/mol. The molecule has 0 saturated heterocycles. The van der Waals surface area contributed by atoms with Crippen LogP contribution in [0.4, 0.5) is 0 Å². The number of nitrogens with one attached hydrogen (secondary N) is 1. The molecule has 1 aliphatic rings. The topological polar surface area (TPSA) is 52.7 Å². The Labute approximate surface area is 182 Å². The predicted octanol–water partition coefficient (Wildman–Crippen LogP) is 4.09. The number of rotatable bonds is 11. The van der Waals surface area contributed by atoms with Crippen LogP contribution in [0.1, 0.15) is 44.9 Å². The Morgan fingerprint density at radius 3 is 2.40 bits per heavy atom. The van der Waals surface area contributed by atoms with Crippen LogP contribution in [0, 0.1) is 0 Å². The first-order valence-electron chi connectivity index (χ1n) is 11.3. The highest BCUT2D eigenvalue weighted by Crippen LogP contribution is 2.21. The van der Waals surface area contributed by atoms with Gasteiger partial charge in [0.15, 0.2) is 0 Å². The molecular weight excluding hydrogens is 394 g/mol. The lowest BCUT2D eigenvalue weighted by molar-refractivity contribution is 0.169. The van der Waals surface area contributed by atoms with Crippen LogP contribution in [0.15, 0.2) is 47.4 Å². The van der Waals surface area contributed by atoms with Crippen LogP contribution in [0.3, 0.4) is 0 Å².